The number of nitrogens with one attached hydrogen (secondary N) is 1. The fraction of sp³-hybridized carbons (Fsp3) is 0.182. The normalized spacial score (nSPS) is 11.5. The molecule has 10 heteroatoms. The van der Waals surface area contributed by atoms with E-state index in [1.165, 1.54) is 22.9 Å². The second-order valence-electron chi connectivity index (χ2n) is 7.18. The number of hydrogen-bond acceptors (Lipinski definition) is 5. The van der Waals surface area contributed by atoms with Crippen LogP contribution in [-0.4, -0.2) is 25.8 Å². The molecule has 0 fully saturated rings. The fourth-order valence-electron chi connectivity index (χ4n) is 3.30. The summed E-state index contributed by atoms with van der Waals surface area (Å²) in [7, 11) is 0. The van der Waals surface area contributed by atoms with Crippen LogP contribution in [0.5, 0.6) is 0 Å². The zero-order valence-electron chi connectivity index (χ0n) is 17.1. The number of carbonyl (C=O) groups excluding carboxylic acids is 1. The van der Waals surface area contributed by atoms with Crippen molar-refractivity contribution in [2.45, 2.75) is 26.6 Å². The number of alkyl halides is 3. The van der Waals surface area contributed by atoms with Crippen LogP contribution in [0, 0.1) is 13.8 Å². The van der Waals surface area contributed by atoms with Crippen molar-refractivity contribution < 1.29 is 22.5 Å². The van der Waals surface area contributed by atoms with E-state index in [2.05, 4.69) is 20.6 Å². The highest BCUT2D eigenvalue weighted by Crippen LogP contribution is 2.33. The Labute approximate surface area is 180 Å². The largest absolute Gasteiger partial charge is 0.416 e. The van der Waals surface area contributed by atoms with Gasteiger partial charge in [0.2, 0.25) is 0 Å². The molecule has 0 unspecified atom stereocenters. The summed E-state index contributed by atoms with van der Waals surface area (Å²) in [5.74, 6) is -0.326. The second-order valence-corrected chi connectivity index (χ2v) is 7.18. The van der Waals surface area contributed by atoms with Crippen molar-refractivity contribution in [1.82, 2.24) is 25.2 Å². The SMILES string of the molecule is Cc1cc(C)n(-c2ccc(CNC(=O)c3cc(-c4cccnc4)on3)c(C(F)(F)F)c2)n1. The first kappa shape index (κ1) is 21.3. The van der Waals surface area contributed by atoms with Crippen LogP contribution in [0.1, 0.15) is 33.0 Å². The van der Waals surface area contributed by atoms with Crippen molar-refractivity contribution in [3.63, 3.8) is 0 Å². The average molecular weight is 441 g/mol. The van der Waals surface area contributed by atoms with Gasteiger partial charge in [-0.3, -0.25) is 9.78 Å². The third kappa shape index (κ3) is 4.39. The Morgan fingerprint density at radius 2 is 1.97 bits per heavy atom. The lowest BCUT2D eigenvalue weighted by molar-refractivity contribution is -0.138. The molecule has 32 heavy (non-hydrogen) atoms. The van der Waals surface area contributed by atoms with Gasteiger partial charge in [0, 0.05) is 36.3 Å². The van der Waals surface area contributed by atoms with E-state index < -0.39 is 17.6 Å². The first-order chi connectivity index (χ1) is 15.2. The lowest BCUT2D eigenvalue weighted by Crippen LogP contribution is -2.25. The number of aryl methyl sites for hydroxylation is 2. The number of aromatic nitrogens is 4. The van der Waals surface area contributed by atoms with Gasteiger partial charge in [-0.15, -0.1) is 0 Å². The summed E-state index contributed by atoms with van der Waals surface area (Å²) in [6.45, 7) is 3.20. The Morgan fingerprint density at radius 3 is 2.62 bits per heavy atom. The maximum atomic E-state index is 13.7. The molecule has 7 nitrogen and oxygen atoms in total. The predicted molar refractivity (Wildman–Crippen MR) is 109 cm³/mol. The molecule has 0 aliphatic carbocycles. The number of hydrogen-bond donors (Lipinski definition) is 1. The highest BCUT2D eigenvalue weighted by molar-refractivity contribution is 5.93. The number of halogens is 3. The molecule has 3 heterocycles. The molecule has 3 aromatic heterocycles. The molecule has 1 N–H and O–H groups in total. The van der Waals surface area contributed by atoms with E-state index in [0.717, 1.165) is 6.07 Å². The monoisotopic (exact) mass is 441 g/mol. The first-order valence-electron chi connectivity index (χ1n) is 9.61. The minimum Gasteiger partial charge on any atom is -0.355 e. The minimum atomic E-state index is -4.60. The van der Waals surface area contributed by atoms with E-state index in [1.54, 1.807) is 44.4 Å². The molecule has 1 amide bonds. The Hall–Kier alpha value is -3.95. The Bertz CT molecular complexity index is 1260. The van der Waals surface area contributed by atoms with Crippen molar-refractivity contribution in [2.75, 3.05) is 0 Å². The summed E-state index contributed by atoms with van der Waals surface area (Å²) < 4.78 is 47.7. The third-order valence-electron chi connectivity index (χ3n) is 4.78. The van der Waals surface area contributed by atoms with Gasteiger partial charge in [-0.2, -0.15) is 18.3 Å². The van der Waals surface area contributed by atoms with Crippen molar-refractivity contribution in [2.24, 2.45) is 0 Å². The van der Waals surface area contributed by atoms with Gasteiger partial charge in [0.1, 0.15) is 0 Å². The molecule has 0 aliphatic heterocycles. The van der Waals surface area contributed by atoms with Gasteiger partial charge in [0.05, 0.1) is 16.9 Å². The molecule has 0 aliphatic rings. The van der Waals surface area contributed by atoms with Crippen molar-refractivity contribution >= 4 is 5.91 Å². The second kappa shape index (κ2) is 8.29. The van der Waals surface area contributed by atoms with Crippen LogP contribution >= 0.6 is 0 Å². The smallest absolute Gasteiger partial charge is 0.355 e. The maximum absolute atomic E-state index is 13.7. The molecule has 0 saturated heterocycles. The van der Waals surface area contributed by atoms with Gasteiger partial charge in [-0.05, 0) is 49.7 Å². The van der Waals surface area contributed by atoms with Gasteiger partial charge >= 0.3 is 6.18 Å². The Morgan fingerprint density at radius 1 is 1.16 bits per heavy atom. The van der Waals surface area contributed by atoms with E-state index in [0.29, 0.717) is 22.7 Å². The van der Waals surface area contributed by atoms with Crippen molar-refractivity contribution in [1.29, 1.82) is 0 Å². The number of rotatable bonds is 5. The Balaban J connectivity index is 1.54. The highest BCUT2D eigenvalue weighted by Gasteiger charge is 2.34. The van der Waals surface area contributed by atoms with Crippen LogP contribution in [0.3, 0.4) is 0 Å². The molecule has 4 aromatic rings. The summed E-state index contributed by atoms with van der Waals surface area (Å²) in [5.41, 5.74) is 1.36. The number of pyridine rings is 1. The molecule has 0 radical (unpaired) electrons. The van der Waals surface area contributed by atoms with Crippen LogP contribution in [0.25, 0.3) is 17.0 Å². The van der Waals surface area contributed by atoms with Gasteiger partial charge in [-0.25, -0.2) is 4.68 Å². The molecule has 164 valence electrons. The van der Waals surface area contributed by atoms with Gasteiger partial charge in [0.25, 0.3) is 5.91 Å². The van der Waals surface area contributed by atoms with Crippen molar-refractivity contribution in [3.8, 4) is 17.0 Å². The van der Waals surface area contributed by atoms with Gasteiger partial charge in [-0.1, -0.05) is 11.2 Å². The van der Waals surface area contributed by atoms with Crippen molar-refractivity contribution in [3.05, 3.63) is 83.1 Å². The number of carbonyl (C=O) groups is 1. The standard InChI is InChI=1S/C22H18F3N5O2/c1-13-8-14(2)30(28-13)17-6-5-15(18(9-17)22(23,24)25)12-27-21(31)19-10-20(32-29-19)16-4-3-7-26-11-16/h3-11H,12H2,1-2H3,(H,27,31). The molecular weight excluding hydrogens is 423 g/mol. The summed E-state index contributed by atoms with van der Waals surface area (Å²) in [4.78, 5) is 16.4. The molecular formula is C22H18F3N5O2. The van der Waals surface area contributed by atoms with E-state index in [-0.39, 0.29) is 23.5 Å². The Kier molecular flexibility index (Phi) is 5.52. The average Bonchev–Trinajstić information content (AvgIpc) is 3.38. The molecule has 0 spiro atoms. The molecule has 1 aromatic carbocycles. The summed E-state index contributed by atoms with van der Waals surface area (Å²) in [6, 6.07) is 10.5. The highest BCUT2D eigenvalue weighted by atomic mass is 19.4. The number of amides is 1. The summed E-state index contributed by atoms with van der Waals surface area (Å²) in [6.07, 6.45) is -1.47. The van der Waals surface area contributed by atoms with Crippen LogP contribution in [0.15, 0.2) is 59.4 Å². The fourth-order valence-corrected chi connectivity index (χ4v) is 3.30. The topological polar surface area (TPSA) is 85.8 Å². The van der Waals surface area contributed by atoms with Gasteiger partial charge < -0.3 is 9.84 Å². The number of nitrogens with zero attached hydrogens (tertiary/aromatic N) is 4. The minimum absolute atomic E-state index is 0.0447. The lowest BCUT2D eigenvalue weighted by Gasteiger charge is -2.15. The van der Waals surface area contributed by atoms with E-state index in [9.17, 15) is 18.0 Å². The lowest BCUT2D eigenvalue weighted by atomic mass is 10.1. The zero-order chi connectivity index (χ0) is 22.9. The molecule has 0 atom stereocenters. The van der Waals surface area contributed by atoms with E-state index in [1.807, 2.05) is 0 Å². The first-order valence-corrected chi connectivity index (χ1v) is 9.61. The summed E-state index contributed by atoms with van der Waals surface area (Å²) >= 11 is 0. The van der Waals surface area contributed by atoms with Crippen LogP contribution in [0.4, 0.5) is 13.2 Å². The van der Waals surface area contributed by atoms with Gasteiger partial charge in [0.15, 0.2) is 11.5 Å². The predicted octanol–water partition coefficient (Wildman–Crippen LogP) is 4.49. The van der Waals surface area contributed by atoms with E-state index >= 15 is 0 Å². The van der Waals surface area contributed by atoms with Crippen LogP contribution < -0.4 is 5.32 Å². The van der Waals surface area contributed by atoms with Crippen LogP contribution in [-0.2, 0) is 12.7 Å². The molecule has 0 bridgehead atoms. The zero-order valence-corrected chi connectivity index (χ0v) is 17.1. The maximum Gasteiger partial charge on any atom is 0.416 e. The number of benzene rings is 1. The van der Waals surface area contributed by atoms with Crippen LogP contribution in [0.2, 0.25) is 0 Å². The summed E-state index contributed by atoms with van der Waals surface area (Å²) in [5, 5.41) is 10.4. The molecule has 0 saturated carbocycles. The molecule has 4 rings (SSSR count). The quantitative estimate of drug-likeness (QED) is 0.493. The third-order valence-corrected chi connectivity index (χ3v) is 4.78. The van der Waals surface area contributed by atoms with E-state index in [4.69, 9.17) is 4.52 Å².